The van der Waals surface area contributed by atoms with E-state index in [1.165, 1.54) is 18.2 Å². The fraction of sp³-hybridized carbons (Fsp3) is 0.312. The summed E-state index contributed by atoms with van der Waals surface area (Å²) >= 11 is 4.98. The smallest absolute Gasteiger partial charge is 0.412 e. The quantitative estimate of drug-likeness (QED) is 0.700. The van der Waals surface area contributed by atoms with Crippen LogP contribution in [0.2, 0.25) is 0 Å². The highest BCUT2D eigenvalue weighted by Gasteiger charge is 2.17. The molecule has 0 radical (unpaired) electrons. The number of anilines is 2. The lowest BCUT2D eigenvalue weighted by Crippen LogP contribution is -2.27. The summed E-state index contributed by atoms with van der Waals surface area (Å²) in [6, 6.07) is 6.12. The number of carbonyl (C=O) groups is 1. The molecule has 2 rings (SSSR count). The van der Waals surface area contributed by atoms with Gasteiger partial charge in [0.05, 0.1) is 11.4 Å². The summed E-state index contributed by atoms with van der Waals surface area (Å²) < 4.78 is 19.7. The molecule has 0 fully saturated rings. The Balaban J connectivity index is 2.09. The summed E-state index contributed by atoms with van der Waals surface area (Å²) in [7, 11) is 0. The van der Waals surface area contributed by atoms with Crippen molar-refractivity contribution >= 4 is 44.7 Å². The van der Waals surface area contributed by atoms with Crippen molar-refractivity contribution in [2.45, 2.75) is 32.9 Å². The van der Waals surface area contributed by atoms with Crippen molar-refractivity contribution in [1.82, 2.24) is 0 Å². The molecule has 124 valence electrons. The van der Waals surface area contributed by atoms with Crippen LogP contribution in [0.3, 0.4) is 0 Å². The SMILES string of the molecule is CC(C)(C)OC(=O)Nc1ccc(F)cc1NCc1cc(Br)cs1. The topological polar surface area (TPSA) is 50.4 Å². The molecule has 2 aromatic rings. The van der Waals surface area contributed by atoms with Gasteiger partial charge in [0.25, 0.3) is 0 Å². The van der Waals surface area contributed by atoms with E-state index < -0.39 is 11.7 Å². The summed E-state index contributed by atoms with van der Waals surface area (Å²) in [4.78, 5) is 13.0. The maximum Gasteiger partial charge on any atom is 0.412 e. The minimum atomic E-state index is -0.596. The van der Waals surface area contributed by atoms with Crippen LogP contribution in [0.25, 0.3) is 0 Å². The monoisotopic (exact) mass is 400 g/mol. The largest absolute Gasteiger partial charge is 0.444 e. The zero-order valence-corrected chi connectivity index (χ0v) is 15.5. The molecule has 0 aliphatic carbocycles. The summed E-state index contributed by atoms with van der Waals surface area (Å²) in [5, 5.41) is 7.75. The molecule has 0 aliphatic rings. The molecular formula is C16H18BrFN2O2S. The van der Waals surface area contributed by atoms with Gasteiger partial charge in [0, 0.05) is 21.3 Å². The zero-order chi connectivity index (χ0) is 17.0. The molecule has 1 aromatic carbocycles. The normalized spacial score (nSPS) is 11.2. The number of hydrogen-bond acceptors (Lipinski definition) is 4. The number of nitrogens with one attached hydrogen (secondary N) is 2. The molecule has 1 amide bonds. The number of benzene rings is 1. The van der Waals surface area contributed by atoms with E-state index in [0.29, 0.717) is 17.9 Å². The van der Waals surface area contributed by atoms with Crippen LogP contribution in [0.5, 0.6) is 0 Å². The lowest BCUT2D eigenvalue weighted by Gasteiger charge is -2.20. The van der Waals surface area contributed by atoms with Crippen LogP contribution < -0.4 is 10.6 Å². The minimum absolute atomic E-state index is 0.380. The lowest BCUT2D eigenvalue weighted by atomic mass is 10.2. The number of hydrogen-bond donors (Lipinski definition) is 2. The van der Waals surface area contributed by atoms with Crippen LogP contribution >= 0.6 is 27.3 Å². The van der Waals surface area contributed by atoms with Crippen molar-refractivity contribution < 1.29 is 13.9 Å². The van der Waals surface area contributed by atoms with E-state index in [2.05, 4.69) is 26.6 Å². The summed E-state index contributed by atoms with van der Waals surface area (Å²) in [5.74, 6) is -0.380. The van der Waals surface area contributed by atoms with Crippen molar-refractivity contribution in [3.8, 4) is 0 Å². The standard InChI is InChI=1S/C16H18BrFN2O2S/c1-16(2,3)22-15(21)20-13-5-4-11(18)7-14(13)19-8-12-6-10(17)9-23-12/h4-7,9,19H,8H2,1-3H3,(H,20,21). The van der Waals surface area contributed by atoms with Gasteiger partial charge < -0.3 is 10.1 Å². The molecule has 0 atom stereocenters. The predicted molar refractivity (Wildman–Crippen MR) is 95.6 cm³/mol. The molecule has 2 N–H and O–H groups in total. The van der Waals surface area contributed by atoms with E-state index in [9.17, 15) is 9.18 Å². The minimum Gasteiger partial charge on any atom is -0.444 e. The van der Waals surface area contributed by atoms with Gasteiger partial charge in [-0.25, -0.2) is 9.18 Å². The maximum absolute atomic E-state index is 13.5. The average Bonchev–Trinajstić information content (AvgIpc) is 2.82. The van der Waals surface area contributed by atoms with E-state index in [0.717, 1.165) is 9.35 Å². The highest BCUT2D eigenvalue weighted by molar-refractivity contribution is 9.10. The van der Waals surface area contributed by atoms with Gasteiger partial charge in [-0.05, 0) is 61.0 Å². The van der Waals surface area contributed by atoms with Gasteiger partial charge in [0.15, 0.2) is 0 Å². The van der Waals surface area contributed by atoms with Crippen molar-refractivity contribution in [2.24, 2.45) is 0 Å². The number of carbonyl (C=O) groups excluding carboxylic acids is 1. The fourth-order valence-corrected chi connectivity index (χ4v) is 3.20. The van der Waals surface area contributed by atoms with Crippen LogP contribution in [0.15, 0.2) is 34.1 Å². The molecule has 1 aromatic heterocycles. The Kier molecular flexibility index (Phi) is 5.64. The third-order valence-corrected chi connectivity index (χ3v) is 4.39. The van der Waals surface area contributed by atoms with Crippen LogP contribution in [-0.2, 0) is 11.3 Å². The third kappa shape index (κ3) is 5.84. The van der Waals surface area contributed by atoms with Crippen molar-refractivity contribution in [1.29, 1.82) is 0 Å². The van der Waals surface area contributed by atoms with Crippen molar-refractivity contribution in [2.75, 3.05) is 10.6 Å². The van der Waals surface area contributed by atoms with Gasteiger partial charge in [0.1, 0.15) is 11.4 Å². The molecule has 1 heterocycles. The number of thiophene rings is 1. The second-order valence-electron chi connectivity index (χ2n) is 5.90. The Labute approximate surface area is 147 Å². The Hall–Kier alpha value is -1.60. The Bertz CT molecular complexity index is 698. The Morgan fingerprint density at radius 1 is 1.30 bits per heavy atom. The molecule has 7 heteroatoms. The van der Waals surface area contributed by atoms with Gasteiger partial charge in [-0.2, -0.15) is 0 Å². The van der Waals surface area contributed by atoms with E-state index in [4.69, 9.17) is 4.74 Å². The van der Waals surface area contributed by atoms with Crippen LogP contribution in [-0.4, -0.2) is 11.7 Å². The molecular weight excluding hydrogens is 383 g/mol. The molecule has 0 bridgehead atoms. The molecule has 0 saturated carbocycles. The third-order valence-electron chi connectivity index (χ3n) is 2.69. The highest BCUT2D eigenvalue weighted by Crippen LogP contribution is 2.26. The second-order valence-corrected chi connectivity index (χ2v) is 7.81. The molecule has 4 nitrogen and oxygen atoms in total. The van der Waals surface area contributed by atoms with Crippen LogP contribution in [0.4, 0.5) is 20.6 Å². The number of halogens is 2. The molecule has 23 heavy (non-hydrogen) atoms. The molecule has 0 aliphatic heterocycles. The van der Waals surface area contributed by atoms with E-state index in [-0.39, 0.29) is 5.82 Å². The summed E-state index contributed by atoms with van der Waals surface area (Å²) in [5.41, 5.74) is 0.373. The first-order chi connectivity index (χ1) is 10.7. The van der Waals surface area contributed by atoms with Gasteiger partial charge in [-0.3, -0.25) is 5.32 Å². The first-order valence-electron chi connectivity index (χ1n) is 6.99. The summed E-state index contributed by atoms with van der Waals surface area (Å²) in [6.07, 6.45) is -0.578. The lowest BCUT2D eigenvalue weighted by molar-refractivity contribution is 0.0636. The first kappa shape index (κ1) is 17.7. The molecule has 0 unspecified atom stereocenters. The number of amides is 1. The van der Waals surface area contributed by atoms with Crippen molar-refractivity contribution in [3.05, 3.63) is 44.8 Å². The molecule has 0 spiro atoms. The fourth-order valence-electron chi connectivity index (χ4n) is 1.81. The van der Waals surface area contributed by atoms with Gasteiger partial charge in [0.2, 0.25) is 0 Å². The maximum atomic E-state index is 13.5. The van der Waals surface area contributed by atoms with E-state index in [1.54, 1.807) is 32.1 Å². The Morgan fingerprint density at radius 2 is 2.04 bits per heavy atom. The predicted octanol–water partition coefficient (Wildman–Crippen LogP) is 5.61. The van der Waals surface area contributed by atoms with Gasteiger partial charge in [-0.15, -0.1) is 11.3 Å². The first-order valence-corrected chi connectivity index (χ1v) is 8.66. The van der Waals surface area contributed by atoms with Gasteiger partial charge >= 0.3 is 6.09 Å². The van der Waals surface area contributed by atoms with E-state index >= 15 is 0 Å². The second kappa shape index (κ2) is 7.31. The zero-order valence-electron chi connectivity index (χ0n) is 13.1. The summed E-state index contributed by atoms with van der Waals surface area (Å²) in [6.45, 7) is 5.88. The van der Waals surface area contributed by atoms with Crippen LogP contribution in [0, 0.1) is 5.82 Å². The number of ether oxygens (including phenoxy) is 1. The molecule has 0 saturated heterocycles. The Morgan fingerprint density at radius 3 is 2.65 bits per heavy atom. The van der Waals surface area contributed by atoms with Gasteiger partial charge in [-0.1, -0.05) is 0 Å². The van der Waals surface area contributed by atoms with Crippen molar-refractivity contribution in [3.63, 3.8) is 0 Å². The van der Waals surface area contributed by atoms with E-state index in [1.807, 2.05) is 11.4 Å². The highest BCUT2D eigenvalue weighted by atomic mass is 79.9. The van der Waals surface area contributed by atoms with Crippen LogP contribution in [0.1, 0.15) is 25.6 Å². The number of rotatable bonds is 4. The average molecular weight is 401 g/mol.